The van der Waals surface area contributed by atoms with Crippen LogP contribution in [0.2, 0.25) is 0 Å². The quantitative estimate of drug-likeness (QED) is 0.554. The zero-order valence-corrected chi connectivity index (χ0v) is 20.8. The van der Waals surface area contributed by atoms with Crippen LogP contribution in [0.1, 0.15) is 48.3 Å². The molecule has 0 fully saturated rings. The number of para-hydroxylation sites is 1. The fraction of sp³-hybridized carbons (Fsp3) is 0.520. The van der Waals surface area contributed by atoms with Crippen LogP contribution in [0.15, 0.2) is 18.2 Å². The summed E-state index contributed by atoms with van der Waals surface area (Å²) >= 11 is 0. The van der Waals surface area contributed by atoms with E-state index in [1.807, 2.05) is 50.6 Å². The number of carbonyl (C=O) groups excluding carboxylic acids is 3. The van der Waals surface area contributed by atoms with Crippen molar-refractivity contribution >= 4 is 23.5 Å². The number of carbonyl (C=O) groups is 3. The van der Waals surface area contributed by atoms with Crippen LogP contribution in [-0.4, -0.2) is 52.7 Å². The van der Waals surface area contributed by atoms with Crippen molar-refractivity contribution in [3.8, 4) is 0 Å². The number of hydrogen-bond acceptors (Lipinski definition) is 5. The Morgan fingerprint density at radius 3 is 2.36 bits per heavy atom. The SMILES string of the molecule is Cc1cccc(C)c1NC(=O)CN(C)C(=O)COC(=O)CCc1c(C)nn(CC(C)C)c1C. The summed E-state index contributed by atoms with van der Waals surface area (Å²) in [6.07, 6.45) is 0.676. The Morgan fingerprint density at radius 2 is 1.76 bits per heavy atom. The van der Waals surface area contributed by atoms with Crippen LogP contribution >= 0.6 is 0 Å². The summed E-state index contributed by atoms with van der Waals surface area (Å²) < 4.78 is 7.12. The minimum absolute atomic E-state index is 0.127. The molecule has 2 amide bonds. The van der Waals surface area contributed by atoms with Crippen LogP contribution < -0.4 is 5.32 Å². The van der Waals surface area contributed by atoms with Crippen molar-refractivity contribution in [3.05, 3.63) is 46.3 Å². The lowest BCUT2D eigenvalue weighted by atomic mass is 10.1. The topological polar surface area (TPSA) is 93.5 Å². The predicted octanol–water partition coefficient (Wildman–Crippen LogP) is 3.35. The standard InChI is InChI=1S/C25H36N4O4/c1-16(2)13-29-20(6)21(19(5)27-29)11-12-24(32)33-15-23(31)28(7)14-22(30)26-25-17(3)9-8-10-18(25)4/h8-10,16H,11-15H2,1-7H3,(H,26,30). The van der Waals surface area contributed by atoms with Crippen molar-refractivity contribution in [2.75, 3.05) is 25.5 Å². The summed E-state index contributed by atoms with van der Waals surface area (Å²) in [5, 5.41) is 7.40. The van der Waals surface area contributed by atoms with E-state index >= 15 is 0 Å². The molecule has 2 rings (SSSR count). The van der Waals surface area contributed by atoms with Gasteiger partial charge in [0, 0.05) is 31.4 Å². The Hall–Kier alpha value is -3.16. The number of hydrogen-bond donors (Lipinski definition) is 1. The maximum absolute atomic E-state index is 12.3. The third-order valence-electron chi connectivity index (χ3n) is 5.56. The second-order valence-corrected chi connectivity index (χ2v) is 8.95. The summed E-state index contributed by atoms with van der Waals surface area (Å²) in [7, 11) is 1.51. The fourth-order valence-corrected chi connectivity index (χ4v) is 3.67. The molecule has 0 unspecified atom stereocenters. The van der Waals surface area contributed by atoms with E-state index < -0.39 is 18.5 Å². The van der Waals surface area contributed by atoms with Gasteiger partial charge in [0.25, 0.3) is 5.91 Å². The van der Waals surface area contributed by atoms with Gasteiger partial charge in [-0.15, -0.1) is 0 Å². The molecule has 0 radical (unpaired) electrons. The van der Waals surface area contributed by atoms with Crippen LogP contribution in [0.5, 0.6) is 0 Å². The third kappa shape index (κ3) is 7.44. The van der Waals surface area contributed by atoms with Crippen LogP contribution in [-0.2, 0) is 32.1 Å². The average molecular weight is 457 g/mol. The van der Waals surface area contributed by atoms with E-state index in [2.05, 4.69) is 24.3 Å². The highest BCUT2D eigenvalue weighted by Gasteiger charge is 2.18. The number of aryl methyl sites for hydroxylation is 3. The number of benzene rings is 1. The highest BCUT2D eigenvalue weighted by molar-refractivity contribution is 5.96. The van der Waals surface area contributed by atoms with Crippen molar-refractivity contribution in [1.29, 1.82) is 0 Å². The van der Waals surface area contributed by atoms with Gasteiger partial charge in [0.15, 0.2) is 6.61 Å². The Kier molecular flexibility index (Phi) is 9.20. The molecule has 1 heterocycles. The van der Waals surface area contributed by atoms with E-state index in [1.165, 1.54) is 11.9 Å². The molecule has 1 aromatic carbocycles. The molecule has 8 nitrogen and oxygen atoms in total. The molecule has 2 aromatic rings. The van der Waals surface area contributed by atoms with Crippen molar-refractivity contribution in [1.82, 2.24) is 14.7 Å². The average Bonchev–Trinajstić information content (AvgIpc) is 2.99. The minimum Gasteiger partial charge on any atom is -0.456 e. The highest BCUT2D eigenvalue weighted by Crippen LogP contribution is 2.19. The number of anilines is 1. The number of likely N-dealkylation sites (N-methyl/N-ethyl adjacent to an activating group) is 1. The molecule has 0 aliphatic rings. The molecule has 0 atom stereocenters. The predicted molar refractivity (Wildman–Crippen MR) is 128 cm³/mol. The van der Waals surface area contributed by atoms with Crippen molar-refractivity contribution in [2.45, 2.75) is 60.9 Å². The Morgan fingerprint density at radius 1 is 1.12 bits per heavy atom. The van der Waals surface area contributed by atoms with Crippen LogP contribution in [0.4, 0.5) is 5.69 Å². The fourth-order valence-electron chi connectivity index (χ4n) is 3.67. The smallest absolute Gasteiger partial charge is 0.306 e. The lowest BCUT2D eigenvalue weighted by Crippen LogP contribution is -2.37. The largest absolute Gasteiger partial charge is 0.456 e. The first-order valence-electron chi connectivity index (χ1n) is 11.3. The molecule has 0 aliphatic heterocycles. The highest BCUT2D eigenvalue weighted by atomic mass is 16.5. The van der Waals surface area contributed by atoms with E-state index in [4.69, 9.17) is 4.74 Å². The van der Waals surface area contributed by atoms with E-state index in [-0.39, 0.29) is 18.9 Å². The molecular weight excluding hydrogens is 420 g/mol. The molecule has 0 saturated carbocycles. The van der Waals surface area contributed by atoms with Crippen molar-refractivity contribution in [3.63, 3.8) is 0 Å². The lowest BCUT2D eigenvalue weighted by Gasteiger charge is -2.18. The van der Waals surface area contributed by atoms with Gasteiger partial charge in [-0.3, -0.25) is 19.1 Å². The second-order valence-electron chi connectivity index (χ2n) is 8.95. The van der Waals surface area contributed by atoms with E-state index in [1.54, 1.807) is 0 Å². The molecule has 1 N–H and O–H groups in total. The summed E-state index contributed by atoms with van der Waals surface area (Å²) in [5.74, 6) is -0.713. The molecular formula is C25H36N4O4. The van der Waals surface area contributed by atoms with E-state index in [9.17, 15) is 14.4 Å². The number of ether oxygens (including phenoxy) is 1. The summed E-state index contributed by atoms with van der Waals surface area (Å²) in [4.78, 5) is 38.1. The molecule has 1 aromatic heterocycles. The van der Waals surface area contributed by atoms with Crippen LogP contribution in [0.25, 0.3) is 0 Å². The first kappa shape index (κ1) is 26.1. The maximum atomic E-state index is 12.3. The third-order valence-corrected chi connectivity index (χ3v) is 5.56. The van der Waals surface area contributed by atoms with Crippen molar-refractivity contribution in [2.24, 2.45) is 5.92 Å². The number of esters is 1. The number of aromatic nitrogens is 2. The molecule has 8 heteroatoms. The van der Waals surface area contributed by atoms with Gasteiger partial charge >= 0.3 is 5.97 Å². The van der Waals surface area contributed by atoms with Gasteiger partial charge in [0.1, 0.15) is 0 Å². The molecule has 0 spiro atoms. The molecule has 180 valence electrons. The van der Waals surface area contributed by atoms with Gasteiger partial charge in [0.05, 0.1) is 12.2 Å². The van der Waals surface area contributed by atoms with Crippen LogP contribution in [0.3, 0.4) is 0 Å². The first-order valence-corrected chi connectivity index (χ1v) is 11.3. The molecule has 0 aliphatic carbocycles. The van der Waals surface area contributed by atoms with Gasteiger partial charge in [-0.25, -0.2) is 0 Å². The summed E-state index contributed by atoms with van der Waals surface area (Å²) in [5.41, 5.74) is 5.65. The van der Waals surface area contributed by atoms with Crippen molar-refractivity contribution < 1.29 is 19.1 Å². The van der Waals surface area contributed by atoms with E-state index in [0.717, 1.165) is 40.3 Å². The van der Waals surface area contributed by atoms with Gasteiger partial charge in [-0.2, -0.15) is 5.10 Å². The van der Waals surface area contributed by atoms with E-state index in [0.29, 0.717) is 12.3 Å². The van der Waals surface area contributed by atoms with Gasteiger partial charge in [-0.05, 0) is 56.7 Å². The second kappa shape index (κ2) is 11.6. The molecule has 0 bridgehead atoms. The van der Waals surface area contributed by atoms with Gasteiger partial charge < -0.3 is 15.0 Å². The first-order chi connectivity index (χ1) is 15.5. The number of nitrogens with one attached hydrogen (secondary N) is 1. The lowest BCUT2D eigenvalue weighted by molar-refractivity contribution is -0.151. The Balaban J connectivity index is 1.80. The van der Waals surface area contributed by atoms with Gasteiger partial charge in [0.2, 0.25) is 5.91 Å². The van der Waals surface area contributed by atoms with Crippen LogP contribution in [0, 0.1) is 33.6 Å². The summed E-state index contributed by atoms with van der Waals surface area (Å²) in [6, 6.07) is 5.75. The molecule has 33 heavy (non-hydrogen) atoms. The maximum Gasteiger partial charge on any atom is 0.306 e. The zero-order chi connectivity index (χ0) is 24.7. The monoisotopic (exact) mass is 456 g/mol. The number of amides is 2. The Bertz CT molecular complexity index is 990. The van der Waals surface area contributed by atoms with Gasteiger partial charge in [-0.1, -0.05) is 32.0 Å². The Labute approximate surface area is 196 Å². The minimum atomic E-state index is -0.452. The summed E-state index contributed by atoms with van der Waals surface area (Å²) in [6.45, 7) is 12.3. The number of nitrogens with zero attached hydrogens (tertiary/aromatic N) is 3. The zero-order valence-electron chi connectivity index (χ0n) is 20.8. The molecule has 0 saturated heterocycles. The number of rotatable bonds is 10. The normalized spacial score (nSPS) is 10.9.